The van der Waals surface area contributed by atoms with Gasteiger partial charge < -0.3 is 29.7 Å². The van der Waals surface area contributed by atoms with E-state index < -0.39 is 11.8 Å². The van der Waals surface area contributed by atoms with Gasteiger partial charge in [-0.1, -0.05) is 18.2 Å². The second-order valence-corrected chi connectivity index (χ2v) is 9.48. The molecule has 2 aromatic rings. The lowest BCUT2D eigenvalue weighted by Crippen LogP contribution is -2.36. The molecule has 40 heavy (non-hydrogen) atoms. The van der Waals surface area contributed by atoms with Gasteiger partial charge in [-0.3, -0.25) is 19.5 Å². The minimum Gasteiger partial charge on any atom is -0.490 e. The number of nitrogens with two attached hydrogens (primary N) is 1. The molecule has 4 rings (SSSR count). The highest BCUT2D eigenvalue weighted by molar-refractivity contribution is 6.33. The SMILES string of the molecule is Cc1cccc2c(OCCOCCOCCOCCN=CC(CN3C(=O)C=CC3=O)=NN)cc3c(c12)CCN3C. The van der Waals surface area contributed by atoms with Crippen molar-refractivity contribution in [1.29, 1.82) is 0 Å². The molecule has 0 fully saturated rings. The van der Waals surface area contributed by atoms with Crippen LogP contribution in [-0.2, 0) is 30.2 Å². The second-order valence-electron chi connectivity index (χ2n) is 9.48. The zero-order valence-electron chi connectivity index (χ0n) is 23.1. The summed E-state index contributed by atoms with van der Waals surface area (Å²) in [7, 11) is 2.13. The number of anilines is 1. The minimum absolute atomic E-state index is 0.0181. The number of fused-ring (bicyclic) bond motifs is 3. The normalized spacial score (nSPS) is 15.3. The third-order valence-corrected chi connectivity index (χ3v) is 6.75. The van der Waals surface area contributed by atoms with Gasteiger partial charge in [0.05, 0.1) is 58.4 Å². The van der Waals surface area contributed by atoms with E-state index in [4.69, 9.17) is 24.8 Å². The second kappa shape index (κ2) is 14.5. The molecular formula is C29H37N5O6. The monoisotopic (exact) mass is 551 g/mol. The molecule has 0 bridgehead atoms. The third kappa shape index (κ3) is 7.44. The molecule has 0 unspecified atom stereocenters. The van der Waals surface area contributed by atoms with Crippen molar-refractivity contribution in [2.45, 2.75) is 13.3 Å². The molecule has 0 saturated carbocycles. The van der Waals surface area contributed by atoms with Crippen LogP contribution in [0.4, 0.5) is 5.69 Å². The van der Waals surface area contributed by atoms with E-state index in [1.54, 1.807) is 0 Å². The van der Waals surface area contributed by atoms with Crippen molar-refractivity contribution in [1.82, 2.24) is 4.90 Å². The number of aliphatic imine (C=N–C) groups is 1. The van der Waals surface area contributed by atoms with Crippen LogP contribution < -0.4 is 15.5 Å². The van der Waals surface area contributed by atoms with Crippen LogP contribution in [0.1, 0.15) is 11.1 Å². The Morgan fingerprint density at radius 3 is 2.38 bits per heavy atom. The topological polar surface area (TPSA) is 128 Å². The van der Waals surface area contributed by atoms with Crippen LogP contribution in [0.15, 0.2) is 46.5 Å². The first-order valence-electron chi connectivity index (χ1n) is 13.4. The summed E-state index contributed by atoms with van der Waals surface area (Å²) in [5.41, 5.74) is 4.26. The van der Waals surface area contributed by atoms with Crippen molar-refractivity contribution in [2.24, 2.45) is 15.9 Å². The van der Waals surface area contributed by atoms with Crippen molar-refractivity contribution < 1.29 is 28.5 Å². The Kier molecular flexibility index (Phi) is 10.6. The highest BCUT2D eigenvalue weighted by Crippen LogP contribution is 2.40. The maximum Gasteiger partial charge on any atom is 0.253 e. The standard InChI is InChI=1S/C29H37N5O6/c1-21-4-3-5-24-26(18-25-23(29(21)24)8-10-33(25)2)40-17-16-39-15-14-38-13-12-37-11-9-31-19-22(32-30)20-34-27(35)6-7-28(34)36/h3-7,18-19H,8-17,20,30H2,1-2H3. The Balaban J connectivity index is 1.04. The Morgan fingerprint density at radius 1 is 1.00 bits per heavy atom. The first kappa shape index (κ1) is 29.2. The van der Waals surface area contributed by atoms with Crippen molar-refractivity contribution in [3.8, 4) is 5.75 Å². The van der Waals surface area contributed by atoms with Crippen LogP contribution in [0.5, 0.6) is 5.75 Å². The van der Waals surface area contributed by atoms with Crippen molar-refractivity contribution in [3.05, 3.63) is 47.5 Å². The molecule has 11 heteroatoms. The summed E-state index contributed by atoms with van der Waals surface area (Å²) in [4.78, 5) is 30.7. The summed E-state index contributed by atoms with van der Waals surface area (Å²) < 4.78 is 22.8. The predicted octanol–water partition coefficient (Wildman–Crippen LogP) is 1.88. The summed E-state index contributed by atoms with van der Waals surface area (Å²) in [6.07, 6.45) is 4.92. The molecule has 0 spiro atoms. The van der Waals surface area contributed by atoms with Gasteiger partial charge in [0.1, 0.15) is 12.4 Å². The lowest BCUT2D eigenvalue weighted by atomic mass is 9.97. The smallest absolute Gasteiger partial charge is 0.253 e. The minimum atomic E-state index is -0.395. The zero-order chi connectivity index (χ0) is 28.3. The number of nitrogens with zero attached hydrogens (tertiary/aromatic N) is 4. The van der Waals surface area contributed by atoms with Crippen LogP contribution in [0.2, 0.25) is 0 Å². The number of benzene rings is 2. The molecule has 2 N–H and O–H groups in total. The maximum atomic E-state index is 11.6. The van der Waals surface area contributed by atoms with Gasteiger partial charge in [-0.05, 0) is 29.9 Å². The third-order valence-electron chi connectivity index (χ3n) is 6.75. The molecule has 2 aliphatic heterocycles. The Morgan fingerprint density at radius 2 is 1.68 bits per heavy atom. The van der Waals surface area contributed by atoms with E-state index in [1.165, 1.54) is 40.6 Å². The molecule has 2 heterocycles. The lowest BCUT2D eigenvalue weighted by molar-refractivity contribution is -0.135. The summed E-state index contributed by atoms with van der Waals surface area (Å²) >= 11 is 0. The van der Waals surface area contributed by atoms with Crippen LogP contribution in [0, 0.1) is 6.92 Å². The average molecular weight is 552 g/mol. The highest BCUT2D eigenvalue weighted by Gasteiger charge is 2.24. The number of amides is 2. The fourth-order valence-electron chi connectivity index (χ4n) is 4.71. The summed E-state index contributed by atoms with van der Waals surface area (Å²) in [6.45, 7) is 6.69. The van der Waals surface area contributed by atoms with E-state index in [0.29, 0.717) is 58.5 Å². The number of aryl methyl sites for hydroxylation is 1. The van der Waals surface area contributed by atoms with Crippen LogP contribution >= 0.6 is 0 Å². The van der Waals surface area contributed by atoms with E-state index in [2.05, 4.69) is 53.2 Å². The number of carbonyl (C=O) groups is 2. The Bertz CT molecular complexity index is 1270. The number of hydrazone groups is 1. The van der Waals surface area contributed by atoms with Gasteiger partial charge in [-0.25, -0.2) is 0 Å². The van der Waals surface area contributed by atoms with Gasteiger partial charge >= 0.3 is 0 Å². The predicted molar refractivity (Wildman–Crippen MR) is 154 cm³/mol. The fourth-order valence-corrected chi connectivity index (χ4v) is 4.71. The molecule has 0 atom stereocenters. The number of imide groups is 1. The molecule has 11 nitrogen and oxygen atoms in total. The zero-order valence-corrected chi connectivity index (χ0v) is 23.1. The van der Waals surface area contributed by atoms with Crippen LogP contribution in [0.25, 0.3) is 10.8 Å². The molecule has 214 valence electrons. The summed E-state index contributed by atoms with van der Waals surface area (Å²) in [5, 5.41) is 6.04. The average Bonchev–Trinajstić information content (AvgIpc) is 3.48. The molecule has 2 aliphatic rings. The molecular weight excluding hydrogens is 514 g/mol. The van der Waals surface area contributed by atoms with E-state index in [9.17, 15) is 9.59 Å². The molecule has 0 radical (unpaired) electrons. The van der Waals surface area contributed by atoms with E-state index in [1.807, 2.05) is 0 Å². The molecule has 2 amide bonds. The summed E-state index contributed by atoms with van der Waals surface area (Å²) in [6, 6.07) is 8.52. The van der Waals surface area contributed by atoms with Gasteiger partial charge in [0.15, 0.2) is 0 Å². The molecule has 0 aromatic heterocycles. The summed E-state index contributed by atoms with van der Waals surface area (Å²) in [5.74, 6) is 5.43. The number of hydrogen-bond donors (Lipinski definition) is 1. The van der Waals surface area contributed by atoms with Gasteiger partial charge in [0.2, 0.25) is 0 Å². The van der Waals surface area contributed by atoms with Crippen LogP contribution in [0.3, 0.4) is 0 Å². The van der Waals surface area contributed by atoms with Crippen molar-refractivity contribution >= 4 is 40.2 Å². The molecule has 0 saturated heterocycles. The first-order chi connectivity index (χ1) is 19.5. The van der Waals surface area contributed by atoms with Gasteiger partial charge in [-0.15, -0.1) is 0 Å². The van der Waals surface area contributed by atoms with Gasteiger partial charge in [0, 0.05) is 49.1 Å². The number of hydrogen-bond acceptors (Lipinski definition) is 10. The number of ether oxygens (including phenoxy) is 4. The van der Waals surface area contributed by atoms with Crippen molar-refractivity contribution in [2.75, 3.05) is 77.8 Å². The molecule has 0 aliphatic carbocycles. The molecule has 2 aromatic carbocycles. The fraction of sp³-hybridized carbons (Fsp3) is 0.448. The van der Waals surface area contributed by atoms with E-state index in [-0.39, 0.29) is 6.54 Å². The number of rotatable bonds is 16. The Labute approximate surface area is 234 Å². The van der Waals surface area contributed by atoms with E-state index in [0.717, 1.165) is 29.0 Å². The lowest BCUT2D eigenvalue weighted by Gasteiger charge is -2.17. The highest BCUT2D eigenvalue weighted by atomic mass is 16.6. The first-order valence-corrected chi connectivity index (χ1v) is 13.4. The van der Waals surface area contributed by atoms with Gasteiger partial charge in [0.25, 0.3) is 11.8 Å². The Hall–Kier alpha value is -3.80. The van der Waals surface area contributed by atoms with E-state index >= 15 is 0 Å². The number of carbonyl (C=O) groups excluding carboxylic acids is 2. The number of likely N-dealkylation sites (N-methyl/N-ethyl adjacent to an activating group) is 1. The quantitative estimate of drug-likeness (QED) is 0.110. The van der Waals surface area contributed by atoms with Gasteiger partial charge in [-0.2, -0.15) is 5.10 Å². The largest absolute Gasteiger partial charge is 0.490 e. The van der Waals surface area contributed by atoms with Crippen LogP contribution in [-0.4, -0.2) is 102 Å². The maximum absolute atomic E-state index is 11.6. The van der Waals surface area contributed by atoms with Crippen molar-refractivity contribution in [3.63, 3.8) is 0 Å².